The van der Waals surface area contributed by atoms with E-state index in [1.54, 1.807) is 4.90 Å². The molecule has 2 aromatic rings. The van der Waals surface area contributed by atoms with Gasteiger partial charge in [0.25, 0.3) is 5.91 Å². The van der Waals surface area contributed by atoms with Crippen LogP contribution in [0.25, 0.3) is 5.57 Å². The van der Waals surface area contributed by atoms with E-state index in [-0.39, 0.29) is 30.6 Å². The van der Waals surface area contributed by atoms with Gasteiger partial charge in [-0.05, 0) is 62.4 Å². The molecule has 1 aliphatic carbocycles. The topological polar surface area (TPSA) is 65.9 Å². The second-order valence-electron chi connectivity index (χ2n) is 9.86. The SMILES string of the molecule is C[C@H](CO)N1C[C@H](C)[C@H](CN(C)Cc2ccccc2)Oc2ncc(C3=CCCCC3)cc2C1=O. The van der Waals surface area contributed by atoms with Crippen LogP contribution in [0.1, 0.15) is 61.0 Å². The number of aromatic nitrogens is 1. The summed E-state index contributed by atoms with van der Waals surface area (Å²) in [6, 6.07) is 12.0. The molecule has 0 saturated heterocycles. The van der Waals surface area contributed by atoms with Gasteiger partial charge >= 0.3 is 0 Å². The van der Waals surface area contributed by atoms with Crippen molar-refractivity contribution >= 4 is 11.5 Å². The predicted molar refractivity (Wildman–Crippen MR) is 135 cm³/mol. The Hall–Kier alpha value is -2.70. The number of carbonyl (C=O) groups excluding carboxylic acids is 1. The molecule has 182 valence electrons. The molecular weight excluding hydrogens is 426 g/mol. The van der Waals surface area contributed by atoms with Crippen LogP contribution < -0.4 is 4.74 Å². The normalized spacial score (nSPS) is 21.9. The van der Waals surface area contributed by atoms with E-state index < -0.39 is 0 Å². The Labute approximate surface area is 203 Å². The van der Waals surface area contributed by atoms with Gasteiger partial charge in [-0.2, -0.15) is 0 Å². The van der Waals surface area contributed by atoms with Crippen molar-refractivity contribution < 1.29 is 14.6 Å². The van der Waals surface area contributed by atoms with Crippen LogP contribution in [0.4, 0.5) is 0 Å². The average molecular weight is 464 g/mol. The summed E-state index contributed by atoms with van der Waals surface area (Å²) >= 11 is 0. The third-order valence-corrected chi connectivity index (χ3v) is 6.97. The van der Waals surface area contributed by atoms with E-state index >= 15 is 0 Å². The van der Waals surface area contributed by atoms with Crippen LogP contribution >= 0.6 is 0 Å². The molecule has 2 aliphatic rings. The number of likely N-dealkylation sites (N-methyl/N-ethyl adjacent to an activating group) is 1. The number of hydrogen-bond donors (Lipinski definition) is 1. The fourth-order valence-electron chi connectivity index (χ4n) is 4.86. The maximum Gasteiger partial charge on any atom is 0.259 e. The minimum Gasteiger partial charge on any atom is -0.472 e. The highest BCUT2D eigenvalue weighted by molar-refractivity contribution is 5.97. The van der Waals surface area contributed by atoms with Crippen LogP contribution in [0.2, 0.25) is 0 Å². The lowest BCUT2D eigenvalue weighted by Gasteiger charge is -2.37. The van der Waals surface area contributed by atoms with Gasteiger partial charge in [0, 0.05) is 31.7 Å². The largest absolute Gasteiger partial charge is 0.472 e. The van der Waals surface area contributed by atoms with Crippen molar-refractivity contribution in [1.82, 2.24) is 14.8 Å². The lowest BCUT2D eigenvalue weighted by atomic mass is 9.93. The third kappa shape index (κ3) is 5.68. The molecule has 1 aromatic carbocycles. The lowest BCUT2D eigenvalue weighted by Crippen LogP contribution is -2.49. The van der Waals surface area contributed by atoms with Gasteiger partial charge in [0.2, 0.25) is 5.88 Å². The van der Waals surface area contributed by atoms with Gasteiger partial charge in [0.15, 0.2) is 0 Å². The van der Waals surface area contributed by atoms with E-state index in [0.717, 1.165) is 31.4 Å². The highest BCUT2D eigenvalue weighted by Gasteiger charge is 2.34. The Kier molecular flexibility index (Phi) is 8.01. The second kappa shape index (κ2) is 11.2. The molecular formula is C28H37N3O3. The van der Waals surface area contributed by atoms with E-state index in [9.17, 15) is 9.90 Å². The van der Waals surface area contributed by atoms with Gasteiger partial charge in [0.1, 0.15) is 11.7 Å². The molecule has 1 aromatic heterocycles. The summed E-state index contributed by atoms with van der Waals surface area (Å²) in [5.74, 6) is 0.349. The quantitative estimate of drug-likeness (QED) is 0.660. The number of hydrogen-bond acceptors (Lipinski definition) is 5. The first-order valence-electron chi connectivity index (χ1n) is 12.5. The van der Waals surface area contributed by atoms with Gasteiger partial charge < -0.3 is 14.7 Å². The van der Waals surface area contributed by atoms with E-state index in [2.05, 4.69) is 54.2 Å². The molecule has 0 bridgehead atoms. The molecule has 0 saturated carbocycles. The molecule has 1 amide bonds. The summed E-state index contributed by atoms with van der Waals surface area (Å²) in [6.07, 6.45) is 8.42. The summed E-state index contributed by atoms with van der Waals surface area (Å²) in [6.45, 7) is 5.97. The maximum atomic E-state index is 13.6. The molecule has 0 unspecified atom stereocenters. The molecule has 1 aliphatic heterocycles. The van der Waals surface area contributed by atoms with E-state index in [1.807, 2.05) is 25.3 Å². The fourth-order valence-corrected chi connectivity index (χ4v) is 4.86. The van der Waals surface area contributed by atoms with Crippen LogP contribution in [0.5, 0.6) is 5.88 Å². The van der Waals surface area contributed by atoms with Gasteiger partial charge in [-0.3, -0.25) is 9.69 Å². The third-order valence-electron chi connectivity index (χ3n) is 6.97. The van der Waals surface area contributed by atoms with Gasteiger partial charge in [-0.15, -0.1) is 0 Å². The summed E-state index contributed by atoms with van der Waals surface area (Å²) in [4.78, 5) is 22.3. The molecule has 34 heavy (non-hydrogen) atoms. The van der Waals surface area contributed by atoms with Crippen molar-refractivity contribution in [3.8, 4) is 5.88 Å². The molecule has 4 rings (SSSR count). The number of fused-ring (bicyclic) bond motifs is 1. The predicted octanol–water partition coefficient (Wildman–Crippen LogP) is 4.39. The molecule has 0 radical (unpaired) electrons. The number of benzene rings is 1. The first-order chi connectivity index (χ1) is 16.5. The summed E-state index contributed by atoms with van der Waals surface area (Å²) in [5, 5.41) is 9.88. The Morgan fingerprint density at radius 3 is 2.76 bits per heavy atom. The molecule has 1 N–H and O–H groups in total. The Balaban J connectivity index is 1.63. The van der Waals surface area contributed by atoms with Crippen LogP contribution in [0.15, 0.2) is 48.7 Å². The smallest absolute Gasteiger partial charge is 0.259 e. The summed E-state index contributed by atoms with van der Waals surface area (Å²) in [7, 11) is 2.09. The summed E-state index contributed by atoms with van der Waals surface area (Å²) in [5.41, 5.74) is 3.99. The number of carbonyl (C=O) groups is 1. The van der Waals surface area contributed by atoms with Crippen molar-refractivity contribution in [3.63, 3.8) is 0 Å². The molecule has 0 fully saturated rings. The zero-order valence-corrected chi connectivity index (χ0v) is 20.6. The standard InChI is InChI=1S/C28H37N3O3/c1-20-16-31(21(2)19-32)28(33)25-14-24(23-12-8-5-9-13-23)15-29-27(25)34-26(20)18-30(3)17-22-10-6-4-7-11-22/h4,6-7,10-12,14-15,20-21,26,32H,5,8-9,13,16-19H2,1-3H3/t20-,21+,26-/m0/s1. The number of pyridine rings is 1. The number of aliphatic hydroxyl groups is 1. The average Bonchev–Trinajstić information content (AvgIpc) is 2.86. The van der Waals surface area contributed by atoms with Gasteiger partial charge in [0.05, 0.1) is 12.6 Å². The van der Waals surface area contributed by atoms with Gasteiger partial charge in [-0.1, -0.05) is 43.3 Å². The monoisotopic (exact) mass is 463 g/mol. The number of aliphatic hydroxyl groups excluding tert-OH is 1. The number of allylic oxidation sites excluding steroid dienone is 2. The Morgan fingerprint density at radius 1 is 1.26 bits per heavy atom. The van der Waals surface area contributed by atoms with Crippen LogP contribution in [-0.4, -0.2) is 64.7 Å². The number of rotatable bonds is 7. The number of nitrogens with zero attached hydrogens (tertiary/aromatic N) is 3. The lowest BCUT2D eigenvalue weighted by molar-refractivity contribution is 0.0325. The van der Waals surface area contributed by atoms with E-state index in [4.69, 9.17) is 4.74 Å². The van der Waals surface area contributed by atoms with Crippen molar-refractivity contribution in [3.05, 3.63) is 65.4 Å². The maximum absolute atomic E-state index is 13.6. The molecule has 3 atom stereocenters. The Morgan fingerprint density at radius 2 is 2.06 bits per heavy atom. The Bertz CT molecular complexity index is 1010. The highest BCUT2D eigenvalue weighted by atomic mass is 16.5. The zero-order valence-electron chi connectivity index (χ0n) is 20.6. The molecule has 2 heterocycles. The zero-order chi connectivity index (χ0) is 24.1. The highest BCUT2D eigenvalue weighted by Crippen LogP contribution is 2.32. The minimum absolute atomic E-state index is 0.0758. The molecule has 6 heteroatoms. The summed E-state index contributed by atoms with van der Waals surface area (Å²) < 4.78 is 6.45. The molecule has 0 spiro atoms. The van der Waals surface area contributed by atoms with E-state index in [0.29, 0.717) is 24.5 Å². The van der Waals surface area contributed by atoms with Crippen molar-refractivity contribution in [2.75, 3.05) is 26.7 Å². The van der Waals surface area contributed by atoms with Crippen molar-refractivity contribution in [2.24, 2.45) is 5.92 Å². The van der Waals surface area contributed by atoms with Gasteiger partial charge in [-0.25, -0.2) is 4.98 Å². The molecule has 6 nitrogen and oxygen atoms in total. The van der Waals surface area contributed by atoms with Crippen molar-refractivity contribution in [1.29, 1.82) is 0 Å². The number of amides is 1. The first kappa shape index (κ1) is 24.4. The van der Waals surface area contributed by atoms with E-state index in [1.165, 1.54) is 17.6 Å². The van der Waals surface area contributed by atoms with Crippen LogP contribution in [-0.2, 0) is 6.54 Å². The first-order valence-corrected chi connectivity index (χ1v) is 12.5. The number of ether oxygens (including phenoxy) is 1. The van der Waals surface area contributed by atoms with Crippen molar-refractivity contribution in [2.45, 2.75) is 58.2 Å². The second-order valence-corrected chi connectivity index (χ2v) is 9.86. The van der Waals surface area contributed by atoms with Crippen LogP contribution in [0, 0.1) is 5.92 Å². The van der Waals surface area contributed by atoms with Crippen LogP contribution in [0.3, 0.4) is 0 Å². The minimum atomic E-state index is -0.277. The fraction of sp³-hybridized carbons (Fsp3) is 0.500.